The zero-order valence-corrected chi connectivity index (χ0v) is 12.0. The van der Waals surface area contributed by atoms with Crippen LogP contribution in [-0.2, 0) is 6.42 Å². The monoisotopic (exact) mass is 292 g/mol. The molecule has 106 valence electrons. The van der Waals surface area contributed by atoms with Gasteiger partial charge in [-0.25, -0.2) is 0 Å². The summed E-state index contributed by atoms with van der Waals surface area (Å²) < 4.78 is 5.16. The zero-order valence-electron chi connectivity index (χ0n) is 11.2. The molecule has 0 fully saturated rings. The van der Waals surface area contributed by atoms with Gasteiger partial charge in [-0.3, -0.25) is 9.78 Å². The average Bonchev–Trinajstić information content (AvgIpc) is 2.48. The smallest absolute Gasteiger partial charge is 0.251 e. The van der Waals surface area contributed by atoms with E-state index in [2.05, 4.69) is 10.3 Å². The van der Waals surface area contributed by atoms with Gasteiger partial charge in [0.05, 0.1) is 7.11 Å². The molecule has 1 aromatic heterocycles. The SMILES string of the molecule is COc1cccc(CCNC(=O)c2ccncc2)c1.Cl. The van der Waals surface area contributed by atoms with Gasteiger partial charge in [-0.15, -0.1) is 12.4 Å². The first-order valence-electron chi connectivity index (χ1n) is 6.11. The minimum atomic E-state index is -0.0784. The third-order valence-corrected chi connectivity index (χ3v) is 2.78. The number of benzene rings is 1. The van der Waals surface area contributed by atoms with Crippen LogP contribution >= 0.6 is 12.4 Å². The van der Waals surface area contributed by atoms with Gasteiger partial charge in [-0.2, -0.15) is 0 Å². The second-order valence-corrected chi connectivity index (χ2v) is 4.09. The Balaban J connectivity index is 0.00000200. The summed E-state index contributed by atoms with van der Waals surface area (Å²) in [6.45, 7) is 0.592. The number of aromatic nitrogens is 1. The molecule has 4 nitrogen and oxygen atoms in total. The van der Waals surface area contributed by atoms with Gasteiger partial charge in [0, 0.05) is 24.5 Å². The first-order chi connectivity index (χ1) is 9.29. The molecule has 20 heavy (non-hydrogen) atoms. The van der Waals surface area contributed by atoms with Crippen molar-refractivity contribution < 1.29 is 9.53 Å². The lowest BCUT2D eigenvalue weighted by Gasteiger charge is -2.06. The number of hydrogen-bond acceptors (Lipinski definition) is 3. The molecule has 0 saturated heterocycles. The highest BCUT2D eigenvalue weighted by Gasteiger charge is 2.03. The van der Waals surface area contributed by atoms with E-state index in [1.165, 1.54) is 0 Å². The molecule has 0 saturated carbocycles. The maximum absolute atomic E-state index is 11.8. The van der Waals surface area contributed by atoms with Crippen molar-refractivity contribution in [1.82, 2.24) is 10.3 Å². The molecule has 1 amide bonds. The molecular weight excluding hydrogens is 276 g/mol. The first kappa shape index (κ1) is 16.0. The van der Waals surface area contributed by atoms with Crippen LogP contribution in [0.4, 0.5) is 0 Å². The Hall–Kier alpha value is -2.07. The van der Waals surface area contributed by atoms with Crippen LogP contribution < -0.4 is 10.1 Å². The maximum Gasteiger partial charge on any atom is 0.251 e. The van der Waals surface area contributed by atoms with E-state index >= 15 is 0 Å². The molecule has 2 rings (SSSR count). The van der Waals surface area contributed by atoms with Crippen molar-refractivity contribution in [2.24, 2.45) is 0 Å². The predicted molar refractivity (Wildman–Crippen MR) is 80.5 cm³/mol. The minimum Gasteiger partial charge on any atom is -0.497 e. The maximum atomic E-state index is 11.8. The van der Waals surface area contributed by atoms with E-state index in [9.17, 15) is 4.79 Å². The van der Waals surface area contributed by atoms with Gasteiger partial charge >= 0.3 is 0 Å². The number of carbonyl (C=O) groups excluding carboxylic acids is 1. The Morgan fingerprint density at radius 2 is 2.00 bits per heavy atom. The van der Waals surface area contributed by atoms with Crippen LogP contribution in [0, 0.1) is 0 Å². The molecule has 0 bridgehead atoms. The molecule has 0 aliphatic carbocycles. The van der Waals surface area contributed by atoms with Gasteiger partial charge in [-0.1, -0.05) is 12.1 Å². The fourth-order valence-corrected chi connectivity index (χ4v) is 1.75. The molecule has 0 unspecified atom stereocenters. The molecule has 1 N–H and O–H groups in total. The quantitative estimate of drug-likeness (QED) is 0.921. The molecule has 1 aromatic carbocycles. The molecule has 5 heteroatoms. The average molecular weight is 293 g/mol. The molecule has 0 atom stereocenters. The summed E-state index contributed by atoms with van der Waals surface area (Å²) in [5.41, 5.74) is 1.76. The number of hydrogen-bond donors (Lipinski definition) is 1. The summed E-state index contributed by atoms with van der Waals surface area (Å²) in [5.74, 6) is 0.753. The Bertz CT molecular complexity index is 547. The number of ether oxygens (including phenoxy) is 1. The van der Waals surface area contributed by atoms with Crippen molar-refractivity contribution in [2.75, 3.05) is 13.7 Å². The van der Waals surface area contributed by atoms with Crippen molar-refractivity contribution >= 4 is 18.3 Å². The molecule has 0 aliphatic rings. The first-order valence-corrected chi connectivity index (χ1v) is 6.11. The van der Waals surface area contributed by atoms with Gasteiger partial charge in [0.25, 0.3) is 5.91 Å². The van der Waals surface area contributed by atoms with Crippen LogP contribution in [0.15, 0.2) is 48.8 Å². The summed E-state index contributed by atoms with van der Waals surface area (Å²) in [6, 6.07) is 11.2. The number of methoxy groups -OCH3 is 1. The van der Waals surface area contributed by atoms with Crippen molar-refractivity contribution in [1.29, 1.82) is 0 Å². The second-order valence-electron chi connectivity index (χ2n) is 4.09. The summed E-state index contributed by atoms with van der Waals surface area (Å²) in [5, 5.41) is 2.88. The minimum absolute atomic E-state index is 0. The number of pyridine rings is 1. The van der Waals surface area contributed by atoms with Gasteiger partial charge in [0.15, 0.2) is 0 Å². The number of halogens is 1. The summed E-state index contributed by atoms with van der Waals surface area (Å²) in [7, 11) is 1.64. The largest absolute Gasteiger partial charge is 0.497 e. The van der Waals surface area contributed by atoms with Crippen molar-refractivity contribution in [3.05, 3.63) is 59.9 Å². The third-order valence-electron chi connectivity index (χ3n) is 2.78. The van der Waals surface area contributed by atoms with Gasteiger partial charge < -0.3 is 10.1 Å². The van der Waals surface area contributed by atoms with Crippen LogP contribution in [0.5, 0.6) is 5.75 Å². The lowest BCUT2D eigenvalue weighted by molar-refractivity contribution is 0.0954. The van der Waals surface area contributed by atoms with E-state index in [4.69, 9.17) is 4.74 Å². The van der Waals surface area contributed by atoms with E-state index in [1.54, 1.807) is 31.6 Å². The lowest BCUT2D eigenvalue weighted by Crippen LogP contribution is -2.25. The van der Waals surface area contributed by atoms with Gasteiger partial charge in [-0.05, 0) is 36.2 Å². The van der Waals surface area contributed by atoms with Crippen LogP contribution in [0.1, 0.15) is 15.9 Å². The highest BCUT2D eigenvalue weighted by atomic mass is 35.5. The van der Waals surface area contributed by atoms with Gasteiger partial charge in [0.2, 0.25) is 0 Å². The van der Waals surface area contributed by atoms with Crippen molar-refractivity contribution in [3.63, 3.8) is 0 Å². The van der Waals surface area contributed by atoms with E-state index in [-0.39, 0.29) is 18.3 Å². The van der Waals surface area contributed by atoms with Crippen molar-refractivity contribution in [3.8, 4) is 5.75 Å². The van der Waals surface area contributed by atoms with Crippen LogP contribution in [0.25, 0.3) is 0 Å². The number of nitrogens with one attached hydrogen (secondary N) is 1. The van der Waals surface area contributed by atoms with E-state index in [0.717, 1.165) is 17.7 Å². The highest BCUT2D eigenvalue weighted by Crippen LogP contribution is 2.12. The normalized spacial score (nSPS) is 9.45. The van der Waals surface area contributed by atoms with Crippen LogP contribution in [-0.4, -0.2) is 24.5 Å². The summed E-state index contributed by atoms with van der Waals surface area (Å²) in [4.78, 5) is 15.7. The lowest BCUT2D eigenvalue weighted by atomic mass is 10.1. The standard InChI is InChI=1S/C15H16N2O2.ClH/c1-19-14-4-2-3-12(11-14)5-10-17-15(18)13-6-8-16-9-7-13;/h2-4,6-9,11H,5,10H2,1H3,(H,17,18);1H. The van der Waals surface area contributed by atoms with E-state index < -0.39 is 0 Å². The Morgan fingerprint density at radius 3 is 2.70 bits per heavy atom. The fraction of sp³-hybridized carbons (Fsp3) is 0.200. The van der Waals surface area contributed by atoms with E-state index in [1.807, 2.05) is 24.3 Å². The molecule has 0 radical (unpaired) electrons. The summed E-state index contributed by atoms with van der Waals surface area (Å²) in [6.07, 6.45) is 3.99. The van der Waals surface area contributed by atoms with Crippen LogP contribution in [0.2, 0.25) is 0 Å². The molecule has 0 spiro atoms. The number of carbonyl (C=O) groups is 1. The van der Waals surface area contributed by atoms with Gasteiger partial charge in [0.1, 0.15) is 5.75 Å². The number of rotatable bonds is 5. The zero-order chi connectivity index (χ0) is 13.5. The number of nitrogens with zero attached hydrogens (tertiary/aromatic N) is 1. The molecule has 0 aliphatic heterocycles. The highest BCUT2D eigenvalue weighted by molar-refractivity contribution is 5.93. The molecule has 2 aromatic rings. The predicted octanol–water partition coefficient (Wildman–Crippen LogP) is 2.48. The van der Waals surface area contributed by atoms with E-state index in [0.29, 0.717) is 12.1 Å². The number of amides is 1. The van der Waals surface area contributed by atoms with Crippen molar-refractivity contribution in [2.45, 2.75) is 6.42 Å². The van der Waals surface area contributed by atoms with Crippen LogP contribution in [0.3, 0.4) is 0 Å². The third kappa shape index (κ3) is 4.55. The topological polar surface area (TPSA) is 51.2 Å². The Labute approximate surface area is 124 Å². The second kappa shape index (κ2) is 8.17. The Kier molecular flexibility index (Phi) is 6.53. The Morgan fingerprint density at radius 1 is 1.25 bits per heavy atom. The fourth-order valence-electron chi connectivity index (χ4n) is 1.75. The molecule has 1 heterocycles. The summed E-state index contributed by atoms with van der Waals surface area (Å²) >= 11 is 0. The molecular formula is C15H17ClN2O2.